The lowest BCUT2D eigenvalue weighted by molar-refractivity contribution is -0.657. The number of benzene rings is 2. The van der Waals surface area contributed by atoms with E-state index in [-0.39, 0.29) is 0 Å². The van der Waals surface area contributed by atoms with Crippen LogP contribution in [0.15, 0.2) is 71.7 Å². The maximum Gasteiger partial charge on any atom is 0.327 e. The molecule has 22 heavy (non-hydrogen) atoms. The first-order valence-electron chi connectivity index (χ1n) is 7.45. The quantitative estimate of drug-likeness (QED) is 0.577. The van der Waals surface area contributed by atoms with Gasteiger partial charge in [0.25, 0.3) is 5.84 Å². The molecule has 0 bridgehead atoms. The Morgan fingerprint density at radius 1 is 0.864 bits per heavy atom. The Morgan fingerprint density at radius 3 is 2.73 bits per heavy atom. The largest absolute Gasteiger partial charge is 0.327 e. The zero-order valence-corrected chi connectivity index (χ0v) is 12.0. The minimum atomic E-state index is 0.789. The molecule has 0 fully saturated rings. The van der Waals surface area contributed by atoms with Gasteiger partial charge in [-0.2, -0.15) is 0 Å². The van der Waals surface area contributed by atoms with Crippen LogP contribution >= 0.6 is 0 Å². The second-order valence-corrected chi connectivity index (χ2v) is 5.61. The Bertz CT molecular complexity index is 969. The van der Waals surface area contributed by atoms with Gasteiger partial charge in [-0.05, 0) is 34.8 Å². The first-order valence-corrected chi connectivity index (χ1v) is 7.45. The highest BCUT2D eigenvalue weighted by molar-refractivity contribution is 6.12. The number of anilines is 1. The fraction of sp³-hybridized carbons (Fsp3) is 0.0526. The number of aliphatic imine (C=N–C) groups is 1. The molecule has 3 heteroatoms. The molecular weight excluding hydrogens is 270 g/mol. The molecule has 0 N–H and O–H groups in total. The summed E-state index contributed by atoms with van der Waals surface area (Å²) < 4.78 is 2.27. The maximum absolute atomic E-state index is 4.84. The molecule has 2 aliphatic rings. The normalized spacial score (nSPS) is 15.1. The summed E-state index contributed by atoms with van der Waals surface area (Å²) in [7, 11) is 0. The molecule has 2 aliphatic heterocycles. The second-order valence-electron chi connectivity index (χ2n) is 5.61. The molecule has 2 aromatic carbocycles. The summed E-state index contributed by atoms with van der Waals surface area (Å²) in [5.74, 6) is 2.02. The van der Waals surface area contributed by atoms with E-state index in [1.54, 1.807) is 0 Å². The van der Waals surface area contributed by atoms with Crippen LogP contribution in [0, 0.1) is 0 Å². The highest BCUT2D eigenvalue weighted by Gasteiger charge is 2.30. The van der Waals surface area contributed by atoms with E-state index >= 15 is 0 Å². The zero-order chi connectivity index (χ0) is 14.5. The van der Waals surface area contributed by atoms with Crippen LogP contribution in [0.1, 0.15) is 5.56 Å². The molecule has 0 spiro atoms. The summed E-state index contributed by atoms with van der Waals surface area (Å²) in [5.41, 5.74) is 3.68. The molecule has 0 atom stereocenters. The van der Waals surface area contributed by atoms with E-state index in [1.165, 1.54) is 22.2 Å². The van der Waals surface area contributed by atoms with Crippen LogP contribution in [0.3, 0.4) is 0 Å². The Hall–Kier alpha value is -2.94. The van der Waals surface area contributed by atoms with Gasteiger partial charge in [0.1, 0.15) is 5.52 Å². The van der Waals surface area contributed by atoms with Crippen molar-refractivity contribution in [2.75, 3.05) is 4.90 Å². The third kappa shape index (κ3) is 1.56. The number of amidine groups is 1. The SMILES string of the molecule is C1=Cc2ccccc2N2C[n+]3c(ccc4ccccc43)N=C12. The van der Waals surface area contributed by atoms with Gasteiger partial charge in [-0.3, -0.25) is 4.90 Å². The molecule has 3 heterocycles. The molecule has 3 aromatic rings. The Balaban J connectivity index is 1.76. The molecule has 3 nitrogen and oxygen atoms in total. The number of nitrogens with zero attached hydrogens (tertiary/aromatic N) is 3. The van der Waals surface area contributed by atoms with Crippen LogP contribution in [-0.2, 0) is 6.67 Å². The molecule has 1 aromatic heterocycles. The number of fused-ring (bicyclic) bond motifs is 6. The van der Waals surface area contributed by atoms with Crippen molar-refractivity contribution in [3.63, 3.8) is 0 Å². The lowest BCUT2D eigenvalue weighted by Gasteiger charge is -2.28. The van der Waals surface area contributed by atoms with Crippen LogP contribution < -0.4 is 9.47 Å². The summed E-state index contributed by atoms with van der Waals surface area (Å²) >= 11 is 0. The van der Waals surface area contributed by atoms with Crippen molar-refractivity contribution in [1.29, 1.82) is 0 Å². The maximum atomic E-state index is 4.84. The van der Waals surface area contributed by atoms with Crippen LogP contribution in [0.4, 0.5) is 11.5 Å². The van der Waals surface area contributed by atoms with Crippen LogP contribution in [-0.4, -0.2) is 5.84 Å². The number of hydrogen-bond acceptors (Lipinski definition) is 2. The predicted octanol–water partition coefficient (Wildman–Crippen LogP) is 3.66. The van der Waals surface area contributed by atoms with E-state index in [9.17, 15) is 0 Å². The number of rotatable bonds is 0. The van der Waals surface area contributed by atoms with Crippen molar-refractivity contribution in [2.45, 2.75) is 6.67 Å². The summed E-state index contributed by atoms with van der Waals surface area (Å²) in [5, 5.41) is 1.24. The van der Waals surface area contributed by atoms with Gasteiger partial charge in [0, 0.05) is 17.5 Å². The van der Waals surface area contributed by atoms with E-state index < -0.39 is 0 Å². The first-order chi connectivity index (χ1) is 10.9. The molecule has 0 radical (unpaired) electrons. The van der Waals surface area contributed by atoms with Crippen molar-refractivity contribution >= 4 is 34.3 Å². The summed E-state index contributed by atoms with van der Waals surface area (Å²) in [6, 6.07) is 21.2. The molecule has 0 unspecified atom stereocenters. The van der Waals surface area contributed by atoms with Gasteiger partial charge in [0.05, 0.1) is 5.69 Å². The van der Waals surface area contributed by atoms with Gasteiger partial charge >= 0.3 is 5.82 Å². The van der Waals surface area contributed by atoms with E-state index in [0.29, 0.717) is 0 Å². The highest BCUT2D eigenvalue weighted by Crippen LogP contribution is 2.30. The monoisotopic (exact) mass is 284 g/mol. The van der Waals surface area contributed by atoms with Gasteiger partial charge < -0.3 is 0 Å². The van der Waals surface area contributed by atoms with E-state index in [2.05, 4.69) is 82.3 Å². The second kappa shape index (κ2) is 4.28. The summed E-state index contributed by atoms with van der Waals surface area (Å²) in [6.45, 7) is 0.789. The Morgan fingerprint density at radius 2 is 1.73 bits per heavy atom. The lowest BCUT2D eigenvalue weighted by Crippen LogP contribution is -2.50. The van der Waals surface area contributed by atoms with Gasteiger partial charge in [-0.25, -0.2) is 4.57 Å². The smallest absolute Gasteiger partial charge is 0.267 e. The number of para-hydroxylation sites is 2. The molecule has 5 rings (SSSR count). The third-order valence-electron chi connectivity index (χ3n) is 4.34. The minimum Gasteiger partial charge on any atom is -0.267 e. The fourth-order valence-corrected chi connectivity index (χ4v) is 3.26. The van der Waals surface area contributed by atoms with Crippen LogP contribution in [0.25, 0.3) is 17.0 Å². The fourth-order valence-electron chi connectivity index (χ4n) is 3.26. The first kappa shape index (κ1) is 11.7. The Labute approximate surface area is 128 Å². The van der Waals surface area contributed by atoms with Crippen molar-refractivity contribution in [2.24, 2.45) is 4.99 Å². The topological polar surface area (TPSA) is 19.5 Å². The highest BCUT2D eigenvalue weighted by atomic mass is 15.3. The minimum absolute atomic E-state index is 0.789. The molecule has 104 valence electrons. The lowest BCUT2D eigenvalue weighted by atomic mass is 10.1. The van der Waals surface area contributed by atoms with Crippen molar-refractivity contribution in [3.8, 4) is 0 Å². The van der Waals surface area contributed by atoms with E-state index in [0.717, 1.165) is 18.3 Å². The summed E-state index contributed by atoms with van der Waals surface area (Å²) in [4.78, 5) is 7.11. The van der Waals surface area contributed by atoms with E-state index in [4.69, 9.17) is 4.99 Å². The van der Waals surface area contributed by atoms with Gasteiger partial charge in [0.2, 0.25) is 0 Å². The predicted molar refractivity (Wildman–Crippen MR) is 89.2 cm³/mol. The zero-order valence-electron chi connectivity index (χ0n) is 12.0. The van der Waals surface area contributed by atoms with Crippen LogP contribution in [0.2, 0.25) is 0 Å². The molecular formula is C19H14N3+. The average Bonchev–Trinajstić information content (AvgIpc) is 2.60. The molecule has 0 saturated carbocycles. The van der Waals surface area contributed by atoms with Gasteiger partial charge in [0.15, 0.2) is 6.67 Å². The van der Waals surface area contributed by atoms with Crippen molar-refractivity contribution < 1.29 is 4.57 Å². The number of hydrogen-bond donors (Lipinski definition) is 0. The molecule has 0 amide bonds. The van der Waals surface area contributed by atoms with Crippen molar-refractivity contribution in [3.05, 3.63) is 72.3 Å². The standard InChI is InChI=1S/C19H14N3/c1-3-7-16-14(5-1)9-11-18-20-19-12-10-15-6-2-4-8-17(15)22(19)13-21(16)18/h1-12H,13H2/q+1. The third-order valence-corrected chi connectivity index (χ3v) is 4.34. The molecule has 0 aliphatic carbocycles. The van der Waals surface area contributed by atoms with Gasteiger partial charge in [-0.1, -0.05) is 36.4 Å². The average molecular weight is 284 g/mol. The van der Waals surface area contributed by atoms with E-state index in [1.807, 2.05) is 0 Å². The summed E-state index contributed by atoms with van der Waals surface area (Å²) in [6.07, 6.45) is 4.24. The van der Waals surface area contributed by atoms with Crippen LogP contribution in [0.5, 0.6) is 0 Å². The number of aromatic nitrogens is 1. The Kier molecular flexibility index (Phi) is 2.27. The van der Waals surface area contributed by atoms with Gasteiger partial charge in [-0.15, -0.1) is 0 Å². The van der Waals surface area contributed by atoms with Crippen molar-refractivity contribution in [1.82, 2.24) is 0 Å². The number of pyridine rings is 1. The molecule has 0 saturated heterocycles.